The average Bonchev–Trinajstić information content (AvgIpc) is 3.16. The van der Waals surface area contributed by atoms with Gasteiger partial charge in [-0.25, -0.2) is 4.79 Å². The Morgan fingerprint density at radius 2 is 2.03 bits per heavy atom. The van der Waals surface area contributed by atoms with Gasteiger partial charge in [-0.2, -0.15) is 5.10 Å². The Morgan fingerprint density at radius 3 is 2.76 bits per heavy atom. The Bertz CT molecular complexity index is 1010. The zero-order valence-corrected chi connectivity index (χ0v) is 17.1. The summed E-state index contributed by atoms with van der Waals surface area (Å²) in [5, 5.41) is 14.4. The van der Waals surface area contributed by atoms with E-state index in [4.69, 9.17) is 0 Å². The van der Waals surface area contributed by atoms with E-state index in [2.05, 4.69) is 29.7 Å². The number of hydrogen-bond acceptors (Lipinski definition) is 2. The number of aromatic carboxylic acids is 1. The molecular weight excluding hydrogens is 360 g/mol. The lowest BCUT2D eigenvalue weighted by Crippen LogP contribution is -2.22. The summed E-state index contributed by atoms with van der Waals surface area (Å²) in [6.07, 6.45) is 6.25. The van der Waals surface area contributed by atoms with E-state index in [1.807, 2.05) is 48.7 Å². The van der Waals surface area contributed by atoms with Crippen molar-refractivity contribution in [2.24, 2.45) is 5.92 Å². The van der Waals surface area contributed by atoms with Gasteiger partial charge in [0.15, 0.2) is 0 Å². The van der Waals surface area contributed by atoms with Crippen molar-refractivity contribution in [2.45, 2.75) is 52.0 Å². The first-order valence-corrected chi connectivity index (χ1v) is 10.5. The third kappa shape index (κ3) is 3.84. The topological polar surface area (TPSA) is 55.1 Å². The summed E-state index contributed by atoms with van der Waals surface area (Å²) < 4.78 is 2.17. The molecule has 0 bridgehead atoms. The third-order valence-corrected chi connectivity index (χ3v) is 6.32. The van der Waals surface area contributed by atoms with Crippen molar-refractivity contribution in [3.8, 4) is 11.1 Å². The molecule has 4 nitrogen and oxygen atoms in total. The van der Waals surface area contributed by atoms with Crippen LogP contribution in [0.4, 0.5) is 0 Å². The minimum Gasteiger partial charge on any atom is -0.478 e. The van der Waals surface area contributed by atoms with E-state index in [0.29, 0.717) is 17.4 Å². The lowest BCUT2D eigenvalue weighted by atomic mass is 9.81. The molecule has 0 fully saturated rings. The molecule has 1 aliphatic rings. The highest BCUT2D eigenvalue weighted by atomic mass is 16.4. The Kier molecular flexibility index (Phi) is 5.52. The van der Waals surface area contributed by atoms with Crippen molar-refractivity contribution in [3.63, 3.8) is 0 Å². The van der Waals surface area contributed by atoms with Crippen molar-refractivity contribution < 1.29 is 9.90 Å². The summed E-state index contributed by atoms with van der Waals surface area (Å²) in [6, 6.07) is 15.5. The lowest BCUT2D eigenvalue weighted by Gasteiger charge is -2.29. The Morgan fingerprint density at radius 1 is 1.24 bits per heavy atom. The Hall–Kier alpha value is -2.88. The van der Waals surface area contributed by atoms with Crippen LogP contribution in [0, 0.1) is 5.92 Å². The summed E-state index contributed by atoms with van der Waals surface area (Å²) in [5.41, 5.74) is 5.65. The molecule has 1 aliphatic heterocycles. The number of fused-ring (bicyclic) bond motifs is 1. The average molecular weight is 389 g/mol. The van der Waals surface area contributed by atoms with Gasteiger partial charge in [0.25, 0.3) is 0 Å². The third-order valence-electron chi connectivity index (χ3n) is 6.32. The first-order chi connectivity index (χ1) is 14.1. The molecule has 1 N–H and O–H groups in total. The van der Waals surface area contributed by atoms with Crippen molar-refractivity contribution >= 4 is 5.97 Å². The molecule has 0 saturated carbocycles. The second-order valence-corrected chi connectivity index (χ2v) is 8.14. The molecule has 4 rings (SSSR count). The van der Waals surface area contributed by atoms with Gasteiger partial charge in [-0.1, -0.05) is 62.7 Å². The number of hydrogen-bond donors (Lipinski definition) is 1. The fourth-order valence-corrected chi connectivity index (χ4v) is 4.58. The Labute approximate surface area is 172 Å². The number of carboxylic acid groups (broad SMARTS) is 1. The predicted octanol–water partition coefficient (Wildman–Crippen LogP) is 5.76. The van der Waals surface area contributed by atoms with Crippen molar-refractivity contribution in [3.05, 3.63) is 77.1 Å². The maximum Gasteiger partial charge on any atom is 0.336 e. The van der Waals surface area contributed by atoms with Gasteiger partial charge in [0.2, 0.25) is 0 Å². The van der Waals surface area contributed by atoms with E-state index in [1.165, 1.54) is 24.1 Å². The maximum absolute atomic E-state index is 11.9. The number of carboxylic acids is 1. The summed E-state index contributed by atoms with van der Waals surface area (Å²) in [7, 11) is 0. The monoisotopic (exact) mass is 388 g/mol. The molecule has 4 heteroatoms. The van der Waals surface area contributed by atoms with E-state index in [0.717, 1.165) is 36.1 Å². The molecule has 3 aromatic rings. The summed E-state index contributed by atoms with van der Waals surface area (Å²) in [4.78, 5) is 11.9. The van der Waals surface area contributed by atoms with Gasteiger partial charge in [-0.15, -0.1) is 0 Å². The van der Waals surface area contributed by atoms with Crippen LogP contribution in [0.2, 0.25) is 0 Å². The fourth-order valence-electron chi connectivity index (χ4n) is 4.58. The smallest absolute Gasteiger partial charge is 0.336 e. The van der Waals surface area contributed by atoms with Crippen molar-refractivity contribution in [1.29, 1.82) is 0 Å². The minimum atomic E-state index is -0.889. The van der Waals surface area contributed by atoms with Crippen LogP contribution in [0.3, 0.4) is 0 Å². The van der Waals surface area contributed by atoms with Gasteiger partial charge in [0, 0.05) is 24.6 Å². The molecule has 150 valence electrons. The lowest BCUT2D eigenvalue weighted by molar-refractivity contribution is 0.0697. The van der Waals surface area contributed by atoms with E-state index in [-0.39, 0.29) is 0 Å². The van der Waals surface area contributed by atoms with Crippen LogP contribution in [0.5, 0.6) is 0 Å². The van der Waals surface area contributed by atoms with E-state index in [9.17, 15) is 9.90 Å². The molecule has 2 unspecified atom stereocenters. The quantitative estimate of drug-likeness (QED) is 0.584. The van der Waals surface area contributed by atoms with Gasteiger partial charge < -0.3 is 5.11 Å². The molecule has 0 saturated heterocycles. The first kappa shape index (κ1) is 19.4. The van der Waals surface area contributed by atoms with Gasteiger partial charge in [0.1, 0.15) is 0 Å². The molecule has 0 aliphatic carbocycles. The normalized spacial score (nSPS) is 17.0. The van der Waals surface area contributed by atoms with Gasteiger partial charge in [-0.3, -0.25) is 4.68 Å². The van der Waals surface area contributed by atoms with E-state index in [1.54, 1.807) is 0 Å². The maximum atomic E-state index is 11.9. The molecule has 2 aromatic carbocycles. The van der Waals surface area contributed by atoms with Crippen LogP contribution in [0.1, 0.15) is 66.2 Å². The molecule has 0 spiro atoms. The molecule has 0 amide bonds. The van der Waals surface area contributed by atoms with Gasteiger partial charge in [0.05, 0.1) is 11.8 Å². The molecule has 0 radical (unpaired) electrons. The minimum absolute atomic E-state index is 0.355. The highest BCUT2D eigenvalue weighted by molar-refractivity contribution is 5.96. The zero-order chi connectivity index (χ0) is 20.4. The van der Waals surface area contributed by atoms with Gasteiger partial charge >= 0.3 is 5.97 Å². The number of nitrogens with zero attached hydrogens (tertiary/aromatic N) is 2. The zero-order valence-electron chi connectivity index (χ0n) is 17.1. The van der Waals surface area contributed by atoms with Crippen LogP contribution >= 0.6 is 0 Å². The van der Waals surface area contributed by atoms with E-state index >= 15 is 0 Å². The standard InChI is InChI=1S/C25H28N2O2/c1-3-17(2)21-10-7-13-27-24(21)20(16-26-27)14-18-11-12-22(23(15-18)25(28)29)19-8-5-4-6-9-19/h4-6,8-9,11-12,15-17,21H,3,7,10,13-14H2,1-2H3,(H,28,29). The number of benzene rings is 2. The van der Waals surface area contributed by atoms with Crippen LogP contribution in [0.25, 0.3) is 11.1 Å². The fraction of sp³-hybridized carbons (Fsp3) is 0.360. The number of aryl methyl sites for hydroxylation is 1. The number of aromatic nitrogens is 2. The second-order valence-electron chi connectivity index (χ2n) is 8.14. The van der Waals surface area contributed by atoms with Crippen LogP contribution < -0.4 is 0 Å². The van der Waals surface area contributed by atoms with Crippen LogP contribution in [0.15, 0.2) is 54.7 Å². The summed E-state index contributed by atoms with van der Waals surface area (Å²) in [6.45, 7) is 5.56. The predicted molar refractivity (Wildman–Crippen MR) is 115 cm³/mol. The molecule has 29 heavy (non-hydrogen) atoms. The SMILES string of the molecule is CCC(C)C1CCCn2ncc(Cc3ccc(-c4ccccc4)c(C(=O)O)c3)c21. The first-order valence-electron chi connectivity index (χ1n) is 10.5. The number of rotatable bonds is 6. The second kappa shape index (κ2) is 8.24. The van der Waals surface area contributed by atoms with Crippen molar-refractivity contribution in [1.82, 2.24) is 9.78 Å². The molecule has 1 aromatic heterocycles. The van der Waals surface area contributed by atoms with E-state index < -0.39 is 5.97 Å². The Balaban J connectivity index is 1.69. The molecule has 2 heterocycles. The highest BCUT2D eigenvalue weighted by Gasteiger charge is 2.28. The van der Waals surface area contributed by atoms with Gasteiger partial charge in [-0.05, 0) is 47.1 Å². The largest absolute Gasteiger partial charge is 0.478 e. The highest BCUT2D eigenvalue weighted by Crippen LogP contribution is 2.37. The summed E-state index contributed by atoms with van der Waals surface area (Å²) in [5.74, 6) is 0.272. The molecular formula is C25H28N2O2. The van der Waals surface area contributed by atoms with Crippen LogP contribution in [-0.4, -0.2) is 20.9 Å². The molecule has 2 atom stereocenters. The van der Waals surface area contributed by atoms with Crippen molar-refractivity contribution in [2.75, 3.05) is 0 Å². The van der Waals surface area contributed by atoms with Crippen LogP contribution in [-0.2, 0) is 13.0 Å². The number of carbonyl (C=O) groups is 1. The summed E-state index contributed by atoms with van der Waals surface area (Å²) >= 11 is 0.